The van der Waals surface area contributed by atoms with Crippen molar-refractivity contribution in [3.8, 4) is 0 Å². The largest absolute Gasteiger partial charge is 0.465 e. The predicted molar refractivity (Wildman–Crippen MR) is 105 cm³/mol. The Labute approximate surface area is 160 Å². The topological polar surface area (TPSA) is 89.5 Å². The molecule has 140 valence electrons. The van der Waals surface area contributed by atoms with Crippen LogP contribution in [0.4, 0.5) is 5.69 Å². The number of fused-ring (bicyclic) bond motifs is 1. The molecule has 1 amide bonds. The normalized spacial score (nSPS) is 11.3. The number of carbonyl (C=O) groups is 2. The van der Waals surface area contributed by atoms with Crippen molar-refractivity contribution in [1.82, 2.24) is 0 Å². The minimum absolute atomic E-state index is 0.0558. The monoisotopic (exact) mass is 403 g/mol. The van der Waals surface area contributed by atoms with Gasteiger partial charge in [-0.05, 0) is 24.3 Å². The van der Waals surface area contributed by atoms with E-state index in [0.29, 0.717) is 11.1 Å². The summed E-state index contributed by atoms with van der Waals surface area (Å²) in [5.74, 6) is -1.11. The number of anilines is 1. The number of rotatable bonds is 5. The van der Waals surface area contributed by atoms with E-state index >= 15 is 0 Å². The van der Waals surface area contributed by atoms with Crippen molar-refractivity contribution < 1.29 is 22.7 Å². The van der Waals surface area contributed by atoms with E-state index in [1.807, 2.05) is 12.1 Å². The van der Waals surface area contributed by atoms with Crippen molar-refractivity contribution in [2.45, 2.75) is 11.8 Å². The predicted octanol–water partition coefficient (Wildman–Crippen LogP) is 3.73. The van der Waals surface area contributed by atoms with Crippen molar-refractivity contribution >= 4 is 48.8 Å². The van der Waals surface area contributed by atoms with E-state index in [4.69, 9.17) is 4.74 Å². The number of amides is 1. The summed E-state index contributed by atoms with van der Waals surface area (Å²) in [5.41, 5.74) is 0.548. The van der Waals surface area contributed by atoms with Crippen LogP contribution in [0.1, 0.15) is 27.0 Å². The number of thiophene rings is 1. The molecule has 6 nitrogen and oxygen atoms in total. The Morgan fingerprint density at radius 3 is 2.56 bits per heavy atom. The highest BCUT2D eigenvalue weighted by molar-refractivity contribution is 7.91. The van der Waals surface area contributed by atoms with Gasteiger partial charge in [-0.25, -0.2) is 13.2 Å². The average molecular weight is 403 g/mol. The second-order valence-electron chi connectivity index (χ2n) is 5.68. The van der Waals surface area contributed by atoms with Crippen LogP contribution in [0, 0.1) is 0 Å². The van der Waals surface area contributed by atoms with Crippen LogP contribution in [0.3, 0.4) is 0 Å². The van der Waals surface area contributed by atoms with Crippen LogP contribution in [0.5, 0.6) is 0 Å². The lowest BCUT2D eigenvalue weighted by atomic mass is 10.2. The molecule has 8 heteroatoms. The van der Waals surface area contributed by atoms with Crippen LogP contribution >= 0.6 is 11.3 Å². The minimum atomic E-state index is -3.43. The summed E-state index contributed by atoms with van der Waals surface area (Å²) in [6.07, 6.45) is 0. The number of esters is 1. The minimum Gasteiger partial charge on any atom is -0.465 e. The van der Waals surface area contributed by atoms with Gasteiger partial charge in [0.25, 0.3) is 5.91 Å². The Balaban J connectivity index is 2.02. The number of benzene rings is 2. The number of methoxy groups -OCH3 is 1. The van der Waals surface area contributed by atoms with E-state index < -0.39 is 21.7 Å². The number of sulfone groups is 1. The van der Waals surface area contributed by atoms with E-state index in [1.165, 1.54) is 42.7 Å². The van der Waals surface area contributed by atoms with E-state index in [0.717, 1.165) is 4.70 Å². The molecule has 0 fully saturated rings. The first-order valence-electron chi connectivity index (χ1n) is 8.11. The van der Waals surface area contributed by atoms with Gasteiger partial charge < -0.3 is 10.1 Å². The first kappa shape index (κ1) is 19.1. The number of ether oxygens (including phenoxy) is 1. The van der Waals surface area contributed by atoms with Gasteiger partial charge in [0.2, 0.25) is 0 Å². The van der Waals surface area contributed by atoms with Gasteiger partial charge >= 0.3 is 5.97 Å². The molecule has 0 radical (unpaired) electrons. The Bertz CT molecular complexity index is 1130. The van der Waals surface area contributed by atoms with Gasteiger partial charge in [0.15, 0.2) is 9.84 Å². The molecule has 1 heterocycles. The lowest BCUT2D eigenvalue weighted by Gasteiger charge is -2.08. The highest BCUT2D eigenvalue weighted by Gasteiger charge is 2.22. The van der Waals surface area contributed by atoms with Crippen LogP contribution in [0.25, 0.3) is 10.1 Å². The third kappa shape index (κ3) is 3.72. The fourth-order valence-electron chi connectivity index (χ4n) is 2.59. The Morgan fingerprint density at radius 1 is 1.11 bits per heavy atom. The summed E-state index contributed by atoms with van der Waals surface area (Å²) >= 11 is 1.22. The number of nitrogens with one attached hydrogen (secondary N) is 1. The molecule has 0 saturated heterocycles. The summed E-state index contributed by atoms with van der Waals surface area (Å²) in [7, 11) is -2.15. The molecule has 3 rings (SSSR count). The lowest BCUT2D eigenvalue weighted by Crippen LogP contribution is -2.15. The van der Waals surface area contributed by atoms with Crippen molar-refractivity contribution in [3.05, 3.63) is 59.0 Å². The molecule has 0 spiro atoms. The molecule has 1 N–H and O–H groups in total. The van der Waals surface area contributed by atoms with E-state index in [-0.39, 0.29) is 21.1 Å². The van der Waals surface area contributed by atoms with Crippen molar-refractivity contribution in [3.63, 3.8) is 0 Å². The first-order valence-corrected chi connectivity index (χ1v) is 10.6. The van der Waals surface area contributed by atoms with E-state index in [2.05, 4.69) is 5.32 Å². The summed E-state index contributed by atoms with van der Waals surface area (Å²) < 4.78 is 29.8. The highest BCUT2D eigenvalue weighted by atomic mass is 32.2. The number of hydrogen-bond donors (Lipinski definition) is 1. The molecular weight excluding hydrogens is 386 g/mol. The van der Waals surface area contributed by atoms with Crippen molar-refractivity contribution in [1.29, 1.82) is 0 Å². The molecule has 0 saturated carbocycles. The molecule has 0 aliphatic rings. The molecule has 27 heavy (non-hydrogen) atoms. The zero-order valence-corrected chi connectivity index (χ0v) is 16.3. The third-order valence-electron chi connectivity index (χ3n) is 4.04. The number of hydrogen-bond acceptors (Lipinski definition) is 6. The van der Waals surface area contributed by atoms with Crippen LogP contribution < -0.4 is 5.32 Å². The molecule has 0 unspecified atom stereocenters. The van der Waals surface area contributed by atoms with Gasteiger partial charge in [0, 0.05) is 15.6 Å². The highest BCUT2D eigenvalue weighted by Crippen LogP contribution is 2.36. The summed E-state index contributed by atoms with van der Waals surface area (Å²) in [4.78, 5) is 25.2. The van der Waals surface area contributed by atoms with Crippen LogP contribution in [-0.2, 0) is 14.6 Å². The lowest BCUT2D eigenvalue weighted by molar-refractivity contribution is 0.0607. The fraction of sp³-hybridized carbons (Fsp3) is 0.158. The van der Waals surface area contributed by atoms with Gasteiger partial charge in [0.1, 0.15) is 4.88 Å². The number of carbonyl (C=O) groups excluding carboxylic acids is 2. The summed E-state index contributed by atoms with van der Waals surface area (Å²) in [6, 6.07) is 13.1. The van der Waals surface area contributed by atoms with E-state index in [1.54, 1.807) is 19.1 Å². The second-order valence-corrected chi connectivity index (χ2v) is 9.01. The molecule has 1 aromatic heterocycles. The standard InChI is InChI=1S/C19H17NO5S2/c1-3-27(23,24)13-8-6-7-12(11-13)18(21)20-16-14-9-4-5-10-15(14)26-17(16)19(22)25-2/h4-11H,3H2,1-2H3,(H,20,21). The van der Waals surface area contributed by atoms with Gasteiger partial charge in [-0.3, -0.25) is 4.79 Å². The zero-order chi connectivity index (χ0) is 19.6. The molecule has 2 aromatic carbocycles. The fourth-order valence-corrected chi connectivity index (χ4v) is 4.59. The summed E-state index contributed by atoms with van der Waals surface area (Å²) in [5, 5.41) is 3.45. The Kier molecular flexibility index (Phi) is 5.29. The van der Waals surface area contributed by atoms with Crippen LogP contribution in [0.2, 0.25) is 0 Å². The van der Waals surface area contributed by atoms with Gasteiger partial charge in [-0.1, -0.05) is 31.2 Å². The maximum absolute atomic E-state index is 12.7. The van der Waals surface area contributed by atoms with Gasteiger partial charge in [-0.2, -0.15) is 0 Å². The molecule has 3 aromatic rings. The van der Waals surface area contributed by atoms with Crippen molar-refractivity contribution in [2.75, 3.05) is 18.2 Å². The van der Waals surface area contributed by atoms with Crippen LogP contribution in [-0.4, -0.2) is 33.2 Å². The Morgan fingerprint density at radius 2 is 1.85 bits per heavy atom. The molecule has 0 atom stereocenters. The van der Waals surface area contributed by atoms with Crippen LogP contribution in [0.15, 0.2) is 53.4 Å². The van der Waals surface area contributed by atoms with Gasteiger partial charge in [-0.15, -0.1) is 11.3 Å². The average Bonchev–Trinajstić information content (AvgIpc) is 3.06. The molecule has 0 bridgehead atoms. The SMILES string of the molecule is CCS(=O)(=O)c1cccc(C(=O)Nc2c(C(=O)OC)sc3ccccc23)c1. The van der Waals surface area contributed by atoms with Crippen molar-refractivity contribution in [2.24, 2.45) is 0 Å². The molecule has 0 aliphatic carbocycles. The molecular formula is C19H17NO5S2. The second kappa shape index (κ2) is 7.50. The van der Waals surface area contributed by atoms with Gasteiger partial charge in [0.05, 0.1) is 23.4 Å². The smallest absolute Gasteiger partial charge is 0.350 e. The first-order chi connectivity index (χ1) is 12.9. The Hall–Kier alpha value is -2.71. The zero-order valence-electron chi connectivity index (χ0n) is 14.7. The summed E-state index contributed by atoms with van der Waals surface area (Å²) in [6.45, 7) is 1.54. The third-order valence-corrected chi connectivity index (χ3v) is 6.92. The van der Waals surface area contributed by atoms with E-state index in [9.17, 15) is 18.0 Å². The maximum Gasteiger partial charge on any atom is 0.350 e. The maximum atomic E-state index is 12.7. The quantitative estimate of drug-likeness (QED) is 0.656. The molecule has 0 aliphatic heterocycles.